The molecule has 0 atom stereocenters. The van der Waals surface area contributed by atoms with Crippen LogP contribution in [0, 0.1) is 23.3 Å². The monoisotopic (exact) mass is 532 g/mol. The zero-order chi connectivity index (χ0) is 27.0. The van der Waals surface area contributed by atoms with Gasteiger partial charge in [-0.2, -0.15) is 22.0 Å². The average molecular weight is 532 g/mol. The molecule has 1 aliphatic rings. The summed E-state index contributed by atoms with van der Waals surface area (Å²) in [4.78, 5) is 0. The molecule has 0 amide bonds. The zero-order valence-corrected chi connectivity index (χ0v) is 19.2. The second-order valence-corrected chi connectivity index (χ2v) is 9.00. The third kappa shape index (κ3) is 5.88. The Labute approximate surface area is 206 Å². The van der Waals surface area contributed by atoms with Crippen molar-refractivity contribution in [1.82, 2.24) is 0 Å². The van der Waals surface area contributed by atoms with Crippen molar-refractivity contribution in [3.05, 3.63) is 88.5 Å². The molecule has 0 radical (unpaired) electrons. The van der Waals surface area contributed by atoms with E-state index in [0.717, 1.165) is 31.2 Å². The minimum Gasteiger partial charge on any atom is -0.429 e. The molecular formula is C27H21F9O. The number of ether oxygens (including phenoxy) is 1. The lowest BCUT2D eigenvalue weighted by atomic mass is 9.90. The molecule has 10 heteroatoms. The highest BCUT2D eigenvalue weighted by Gasteiger charge is 2.43. The van der Waals surface area contributed by atoms with Gasteiger partial charge in [-0.25, -0.2) is 17.6 Å². The molecule has 4 rings (SSSR count). The summed E-state index contributed by atoms with van der Waals surface area (Å²) in [5.41, 5.74) is -2.74. The van der Waals surface area contributed by atoms with Gasteiger partial charge in [-0.15, -0.1) is 0 Å². The summed E-state index contributed by atoms with van der Waals surface area (Å²) in [6.45, 7) is 0. The number of rotatable bonds is 5. The summed E-state index contributed by atoms with van der Waals surface area (Å²) in [5, 5.41) is 0. The summed E-state index contributed by atoms with van der Waals surface area (Å²) in [7, 11) is 0. The third-order valence-corrected chi connectivity index (χ3v) is 6.45. The van der Waals surface area contributed by atoms with E-state index < -0.39 is 52.4 Å². The third-order valence-electron chi connectivity index (χ3n) is 6.45. The molecule has 3 aromatic carbocycles. The van der Waals surface area contributed by atoms with E-state index in [1.807, 2.05) is 12.1 Å². The van der Waals surface area contributed by atoms with Crippen LogP contribution in [0.2, 0.25) is 0 Å². The first-order valence-corrected chi connectivity index (χ1v) is 11.6. The Bertz CT molecular complexity index is 1210. The van der Waals surface area contributed by atoms with Crippen molar-refractivity contribution in [3.8, 4) is 16.9 Å². The van der Waals surface area contributed by atoms with Crippen LogP contribution in [0.5, 0.6) is 5.75 Å². The smallest absolute Gasteiger partial charge is 0.429 e. The van der Waals surface area contributed by atoms with Crippen LogP contribution in [-0.4, -0.2) is 0 Å². The number of benzene rings is 3. The van der Waals surface area contributed by atoms with Crippen LogP contribution in [0.4, 0.5) is 39.5 Å². The normalized spacial score (nSPS) is 15.5. The number of hydrogen-bond acceptors (Lipinski definition) is 1. The van der Waals surface area contributed by atoms with Gasteiger partial charge in [-0.05, 0) is 47.6 Å². The molecule has 0 N–H and O–H groups in total. The van der Waals surface area contributed by atoms with Gasteiger partial charge in [0, 0.05) is 12.1 Å². The largest absolute Gasteiger partial charge is 0.432 e. The molecule has 1 nitrogen and oxygen atoms in total. The minimum absolute atomic E-state index is 0.0337. The van der Waals surface area contributed by atoms with Crippen molar-refractivity contribution in [1.29, 1.82) is 0 Å². The van der Waals surface area contributed by atoms with Crippen LogP contribution in [0.15, 0.2) is 48.5 Å². The van der Waals surface area contributed by atoms with Crippen LogP contribution in [0.3, 0.4) is 0 Å². The van der Waals surface area contributed by atoms with Crippen LogP contribution in [-0.2, 0) is 12.3 Å². The van der Waals surface area contributed by atoms with Crippen LogP contribution < -0.4 is 4.74 Å². The highest BCUT2D eigenvalue weighted by molar-refractivity contribution is 5.64. The maximum atomic E-state index is 14.7. The molecule has 0 saturated heterocycles. The predicted octanol–water partition coefficient (Wildman–Crippen LogP) is 9.49. The zero-order valence-electron chi connectivity index (χ0n) is 19.2. The van der Waals surface area contributed by atoms with E-state index in [1.165, 1.54) is 12.8 Å². The SMILES string of the molecule is Fc1cc(OC(F)(F)c2c(F)cc(-c3ccc(C4CCCCCC4)cc3)cc2F)cc(F)c1C(F)(F)F. The maximum absolute atomic E-state index is 14.7. The molecule has 0 bridgehead atoms. The van der Waals surface area contributed by atoms with Gasteiger partial charge >= 0.3 is 12.3 Å². The Kier molecular flexibility index (Phi) is 7.48. The summed E-state index contributed by atoms with van der Waals surface area (Å²) in [5.74, 6) is -8.86. The van der Waals surface area contributed by atoms with Crippen LogP contribution in [0.1, 0.15) is 61.1 Å². The van der Waals surface area contributed by atoms with E-state index in [0.29, 0.717) is 23.6 Å². The fourth-order valence-electron chi connectivity index (χ4n) is 4.66. The Morgan fingerprint density at radius 1 is 0.595 bits per heavy atom. The fraction of sp³-hybridized carbons (Fsp3) is 0.333. The molecule has 0 unspecified atom stereocenters. The molecule has 198 valence electrons. The van der Waals surface area contributed by atoms with Crippen molar-refractivity contribution in [2.75, 3.05) is 0 Å². The lowest BCUT2D eigenvalue weighted by Gasteiger charge is -2.21. The van der Waals surface area contributed by atoms with Crippen molar-refractivity contribution >= 4 is 0 Å². The Morgan fingerprint density at radius 2 is 1.08 bits per heavy atom. The molecule has 0 aliphatic heterocycles. The molecule has 1 saturated carbocycles. The first-order valence-electron chi connectivity index (χ1n) is 11.6. The lowest BCUT2D eigenvalue weighted by molar-refractivity contribution is -0.189. The number of alkyl halides is 5. The lowest BCUT2D eigenvalue weighted by Crippen LogP contribution is -2.25. The number of hydrogen-bond donors (Lipinski definition) is 0. The first kappa shape index (κ1) is 26.9. The van der Waals surface area contributed by atoms with Gasteiger partial charge in [0.2, 0.25) is 0 Å². The quantitative estimate of drug-likeness (QED) is 0.235. The number of halogens is 9. The maximum Gasteiger partial charge on any atom is 0.432 e. The molecule has 0 aromatic heterocycles. The van der Waals surface area contributed by atoms with Gasteiger partial charge < -0.3 is 4.74 Å². The van der Waals surface area contributed by atoms with Crippen LogP contribution in [0.25, 0.3) is 11.1 Å². The predicted molar refractivity (Wildman–Crippen MR) is 118 cm³/mol. The van der Waals surface area contributed by atoms with E-state index in [2.05, 4.69) is 4.74 Å². The highest BCUT2D eigenvalue weighted by atomic mass is 19.4. The Balaban J connectivity index is 1.59. The molecule has 0 heterocycles. The molecule has 37 heavy (non-hydrogen) atoms. The summed E-state index contributed by atoms with van der Waals surface area (Å²) in [6, 6.07) is 7.97. The van der Waals surface area contributed by atoms with Gasteiger partial charge in [-0.3, -0.25) is 0 Å². The molecule has 3 aromatic rings. The standard InChI is InChI=1S/C27H21F9O/c28-20-11-18(17-9-7-16(8-10-17)15-5-3-1-2-4-6-15)12-21(29)25(20)27(35,36)37-19-13-22(30)24(23(31)14-19)26(32,33)34/h7-15H,1-6H2. The average Bonchev–Trinajstić information content (AvgIpc) is 3.06. The van der Waals surface area contributed by atoms with Crippen molar-refractivity contribution in [2.45, 2.75) is 56.7 Å². The second-order valence-electron chi connectivity index (χ2n) is 9.00. The van der Waals surface area contributed by atoms with E-state index >= 15 is 0 Å². The van der Waals surface area contributed by atoms with Gasteiger partial charge in [0.25, 0.3) is 0 Å². The first-order chi connectivity index (χ1) is 17.4. The fourth-order valence-corrected chi connectivity index (χ4v) is 4.66. The van der Waals surface area contributed by atoms with Gasteiger partial charge in [0.05, 0.1) is 0 Å². The van der Waals surface area contributed by atoms with Crippen molar-refractivity contribution < 1.29 is 44.3 Å². The van der Waals surface area contributed by atoms with Gasteiger partial charge in [0.15, 0.2) is 0 Å². The summed E-state index contributed by atoms with van der Waals surface area (Å²) < 4.78 is 128. The molecular weight excluding hydrogens is 511 g/mol. The van der Waals surface area contributed by atoms with Gasteiger partial charge in [0.1, 0.15) is 40.1 Å². The second kappa shape index (κ2) is 10.3. The molecule has 1 fully saturated rings. The Hall–Kier alpha value is -3.17. The van der Waals surface area contributed by atoms with Crippen LogP contribution >= 0.6 is 0 Å². The topological polar surface area (TPSA) is 9.23 Å². The van der Waals surface area contributed by atoms with Gasteiger partial charge in [-0.1, -0.05) is 49.9 Å². The van der Waals surface area contributed by atoms with E-state index in [4.69, 9.17) is 0 Å². The van der Waals surface area contributed by atoms with E-state index in [-0.39, 0.29) is 17.7 Å². The van der Waals surface area contributed by atoms with Crippen molar-refractivity contribution in [2.24, 2.45) is 0 Å². The molecule has 0 spiro atoms. The summed E-state index contributed by atoms with van der Waals surface area (Å²) >= 11 is 0. The van der Waals surface area contributed by atoms with Crippen molar-refractivity contribution in [3.63, 3.8) is 0 Å². The van der Waals surface area contributed by atoms with E-state index in [1.54, 1.807) is 12.1 Å². The molecule has 1 aliphatic carbocycles. The Morgan fingerprint density at radius 3 is 1.57 bits per heavy atom. The highest BCUT2D eigenvalue weighted by Crippen LogP contribution is 2.40. The summed E-state index contributed by atoms with van der Waals surface area (Å²) in [6.07, 6.45) is -3.56. The minimum atomic E-state index is -5.43. The van der Waals surface area contributed by atoms with E-state index in [9.17, 15) is 39.5 Å².